The normalized spacial score (nSPS) is 11.1. The van der Waals surface area contributed by atoms with Crippen molar-refractivity contribution in [1.82, 2.24) is 0 Å². The fourth-order valence-electron chi connectivity index (χ4n) is 3.21. The van der Waals surface area contributed by atoms with E-state index >= 15 is 0 Å². The second-order valence-corrected chi connectivity index (χ2v) is 6.29. The molecule has 4 rings (SSSR count). The lowest BCUT2D eigenvalue weighted by atomic mass is 10.00. The average Bonchev–Trinajstić information content (AvgIpc) is 2.92. The van der Waals surface area contributed by atoms with Crippen LogP contribution < -0.4 is 4.57 Å². The molecule has 116 valence electrons. The van der Waals surface area contributed by atoms with Crippen molar-refractivity contribution < 1.29 is 8.98 Å². The highest BCUT2D eigenvalue weighted by Gasteiger charge is 2.16. The SMILES string of the molecule is Cc1cc[n+](C)c(-c2cc3c(cc2C)oc2ccc(C#N)cc23)c1. The van der Waals surface area contributed by atoms with E-state index in [1.807, 2.05) is 12.1 Å². The van der Waals surface area contributed by atoms with E-state index in [1.165, 1.54) is 22.4 Å². The van der Waals surface area contributed by atoms with Gasteiger partial charge in [0.1, 0.15) is 18.2 Å². The lowest BCUT2D eigenvalue weighted by Crippen LogP contribution is -2.30. The summed E-state index contributed by atoms with van der Waals surface area (Å²) in [6.45, 7) is 4.20. The number of fused-ring (bicyclic) bond motifs is 3. The Balaban J connectivity index is 2.07. The molecular weight excluding hydrogens is 296 g/mol. The molecule has 0 aliphatic rings. The molecule has 0 spiro atoms. The molecule has 4 aromatic rings. The van der Waals surface area contributed by atoms with Crippen LogP contribution in [0, 0.1) is 25.2 Å². The van der Waals surface area contributed by atoms with Crippen LogP contribution in [0.1, 0.15) is 16.7 Å². The molecule has 2 aromatic carbocycles. The van der Waals surface area contributed by atoms with Gasteiger partial charge in [-0.05, 0) is 55.3 Å². The zero-order valence-electron chi connectivity index (χ0n) is 13.9. The number of rotatable bonds is 1. The molecule has 0 unspecified atom stereocenters. The number of pyridine rings is 1. The van der Waals surface area contributed by atoms with Crippen LogP contribution in [0.5, 0.6) is 0 Å². The monoisotopic (exact) mass is 313 g/mol. The first-order chi connectivity index (χ1) is 11.6. The van der Waals surface area contributed by atoms with Gasteiger partial charge >= 0.3 is 0 Å². The van der Waals surface area contributed by atoms with E-state index < -0.39 is 0 Å². The van der Waals surface area contributed by atoms with Gasteiger partial charge in [0.25, 0.3) is 0 Å². The Kier molecular flexibility index (Phi) is 3.14. The zero-order valence-corrected chi connectivity index (χ0v) is 13.9. The third kappa shape index (κ3) is 2.16. The Morgan fingerprint density at radius 3 is 2.54 bits per heavy atom. The zero-order chi connectivity index (χ0) is 16.8. The van der Waals surface area contributed by atoms with E-state index in [0.717, 1.165) is 21.9 Å². The molecule has 0 radical (unpaired) electrons. The molecule has 3 heteroatoms. The molecule has 2 heterocycles. The summed E-state index contributed by atoms with van der Waals surface area (Å²) in [6.07, 6.45) is 2.08. The van der Waals surface area contributed by atoms with Gasteiger partial charge in [0, 0.05) is 28.5 Å². The van der Waals surface area contributed by atoms with Gasteiger partial charge in [-0.2, -0.15) is 5.26 Å². The van der Waals surface area contributed by atoms with Crippen molar-refractivity contribution in [2.45, 2.75) is 13.8 Å². The molecule has 0 atom stereocenters. The van der Waals surface area contributed by atoms with Gasteiger partial charge in [0.05, 0.1) is 11.6 Å². The van der Waals surface area contributed by atoms with Gasteiger partial charge in [0.15, 0.2) is 6.20 Å². The Morgan fingerprint density at radius 2 is 1.75 bits per heavy atom. The van der Waals surface area contributed by atoms with E-state index in [4.69, 9.17) is 9.68 Å². The van der Waals surface area contributed by atoms with Crippen LogP contribution in [0.4, 0.5) is 0 Å². The molecular formula is C21H17N2O+. The summed E-state index contributed by atoms with van der Waals surface area (Å²) in [5.74, 6) is 0. The third-order valence-corrected chi connectivity index (χ3v) is 4.53. The number of hydrogen-bond acceptors (Lipinski definition) is 2. The van der Waals surface area contributed by atoms with E-state index in [1.54, 1.807) is 6.07 Å². The van der Waals surface area contributed by atoms with Crippen molar-refractivity contribution in [2.75, 3.05) is 0 Å². The first kappa shape index (κ1) is 14.5. The van der Waals surface area contributed by atoms with Crippen LogP contribution in [0.25, 0.3) is 33.2 Å². The van der Waals surface area contributed by atoms with Gasteiger partial charge in [0.2, 0.25) is 5.69 Å². The Labute approximate surface area is 140 Å². The molecule has 24 heavy (non-hydrogen) atoms. The van der Waals surface area contributed by atoms with Gasteiger partial charge in [-0.3, -0.25) is 0 Å². The summed E-state index contributed by atoms with van der Waals surface area (Å²) >= 11 is 0. The topological polar surface area (TPSA) is 40.8 Å². The summed E-state index contributed by atoms with van der Waals surface area (Å²) in [5, 5.41) is 11.2. The van der Waals surface area contributed by atoms with Crippen molar-refractivity contribution >= 4 is 21.9 Å². The number of nitriles is 1. The second-order valence-electron chi connectivity index (χ2n) is 6.29. The van der Waals surface area contributed by atoms with Crippen LogP contribution in [0.15, 0.2) is 53.1 Å². The lowest BCUT2D eigenvalue weighted by molar-refractivity contribution is -0.660. The van der Waals surface area contributed by atoms with Gasteiger partial charge in [-0.15, -0.1) is 0 Å². The summed E-state index contributed by atoms with van der Waals surface area (Å²) in [5.41, 5.74) is 7.06. The van der Waals surface area contributed by atoms with Crippen LogP contribution >= 0.6 is 0 Å². The highest BCUT2D eigenvalue weighted by atomic mass is 16.3. The molecule has 0 aliphatic carbocycles. The van der Waals surface area contributed by atoms with E-state index in [2.05, 4.69) is 62.0 Å². The number of hydrogen-bond donors (Lipinski definition) is 0. The fourth-order valence-corrected chi connectivity index (χ4v) is 3.21. The van der Waals surface area contributed by atoms with E-state index in [0.29, 0.717) is 5.56 Å². The van der Waals surface area contributed by atoms with Crippen molar-refractivity contribution in [3.8, 4) is 17.3 Å². The van der Waals surface area contributed by atoms with Gasteiger partial charge in [-0.25, -0.2) is 4.57 Å². The second kappa shape index (κ2) is 5.21. The fraction of sp³-hybridized carbons (Fsp3) is 0.143. The van der Waals surface area contributed by atoms with Crippen LogP contribution in [-0.2, 0) is 7.05 Å². The highest BCUT2D eigenvalue weighted by molar-refractivity contribution is 6.07. The summed E-state index contributed by atoms with van der Waals surface area (Å²) in [4.78, 5) is 0. The van der Waals surface area contributed by atoms with E-state index in [-0.39, 0.29) is 0 Å². The molecule has 0 saturated carbocycles. The molecule has 0 amide bonds. The summed E-state index contributed by atoms with van der Waals surface area (Å²) in [7, 11) is 2.06. The first-order valence-electron chi connectivity index (χ1n) is 7.90. The van der Waals surface area contributed by atoms with Crippen LogP contribution in [0.3, 0.4) is 0 Å². The Hall–Kier alpha value is -3.12. The van der Waals surface area contributed by atoms with Gasteiger partial charge < -0.3 is 4.42 Å². The van der Waals surface area contributed by atoms with Crippen LogP contribution in [-0.4, -0.2) is 0 Å². The average molecular weight is 313 g/mol. The Morgan fingerprint density at radius 1 is 0.958 bits per heavy atom. The highest BCUT2D eigenvalue weighted by Crippen LogP contribution is 2.34. The molecule has 0 fully saturated rings. The van der Waals surface area contributed by atoms with E-state index in [9.17, 15) is 0 Å². The number of benzene rings is 2. The van der Waals surface area contributed by atoms with Crippen molar-refractivity contribution in [1.29, 1.82) is 5.26 Å². The predicted molar refractivity (Wildman–Crippen MR) is 94.5 cm³/mol. The minimum Gasteiger partial charge on any atom is -0.456 e. The lowest BCUT2D eigenvalue weighted by Gasteiger charge is -2.05. The maximum Gasteiger partial charge on any atom is 0.212 e. The number of aromatic nitrogens is 1. The number of aryl methyl sites for hydroxylation is 3. The predicted octanol–water partition coefficient (Wildman–Crippen LogP) is 4.57. The molecule has 0 N–H and O–H groups in total. The van der Waals surface area contributed by atoms with Gasteiger partial charge in [-0.1, -0.05) is 0 Å². The summed E-state index contributed by atoms with van der Waals surface area (Å²) in [6, 6.07) is 16.3. The standard InChI is InChI=1S/C21H17N2O/c1-13-6-7-23(3)19(8-13)16-11-18-17-10-15(12-22)4-5-20(17)24-21(18)9-14(16)2/h4-11H,1-3H3/q+1. The van der Waals surface area contributed by atoms with Crippen molar-refractivity contribution in [3.63, 3.8) is 0 Å². The minimum atomic E-state index is 0.647. The van der Waals surface area contributed by atoms with Crippen molar-refractivity contribution in [3.05, 3.63) is 65.4 Å². The molecule has 0 bridgehead atoms. The molecule has 3 nitrogen and oxygen atoms in total. The maximum absolute atomic E-state index is 9.17. The third-order valence-electron chi connectivity index (χ3n) is 4.53. The Bertz CT molecular complexity index is 1150. The first-order valence-corrected chi connectivity index (χ1v) is 7.90. The molecule has 0 aliphatic heterocycles. The van der Waals surface area contributed by atoms with Crippen LogP contribution in [0.2, 0.25) is 0 Å². The van der Waals surface area contributed by atoms with Crippen molar-refractivity contribution in [2.24, 2.45) is 7.05 Å². The quantitative estimate of drug-likeness (QED) is 0.483. The molecule has 0 saturated heterocycles. The maximum atomic E-state index is 9.17. The summed E-state index contributed by atoms with van der Waals surface area (Å²) < 4.78 is 8.09. The number of furan rings is 1. The minimum absolute atomic E-state index is 0.647. The smallest absolute Gasteiger partial charge is 0.212 e. The number of nitrogens with zero attached hydrogens (tertiary/aromatic N) is 2. The largest absolute Gasteiger partial charge is 0.456 e. The molecule has 2 aromatic heterocycles.